The van der Waals surface area contributed by atoms with E-state index in [-0.39, 0.29) is 0 Å². The van der Waals surface area contributed by atoms with Crippen LogP contribution >= 0.6 is 31.9 Å². The summed E-state index contributed by atoms with van der Waals surface area (Å²) in [5.74, 6) is 0. The van der Waals surface area contributed by atoms with Crippen molar-refractivity contribution in [2.75, 3.05) is 13.1 Å². The number of rotatable bonds is 1. The Hall–Kier alpha value is 0.1000. The maximum atomic E-state index is 10.5. The van der Waals surface area contributed by atoms with Gasteiger partial charge in [-0.3, -0.25) is 0 Å². The molecular weight excluding hydrogens is 322 g/mol. The minimum absolute atomic E-state index is 0.627. The quantitative estimate of drug-likeness (QED) is 0.827. The number of hydrogen-bond acceptors (Lipinski definition) is 2. The van der Waals surface area contributed by atoms with E-state index < -0.39 is 5.60 Å². The highest BCUT2D eigenvalue weighted by Crippen LogP contribution is 2.35. The molecule has 4 heteroatoms. The summed E-state index contributed by atoms with van der Waals surface area (Å²) in [4.78, 5) is 0. The van der Waals surface area contributed by atoms with Crippen LogP contribution in [0.2, 0.25) is 0 Å². The highest BCUT2D eigenvalue weighted by Gasteiger charge is 2.32. The number of piperidine rings is 1. The smallest absolute Gasteiger partial charge is 0.103 e. The molecule has 1 unspecified atom stereocenters. The molecule has 0 bridgehead atoms. The van der Waals surface area contributed by atoms with Crippen LogP contribution in [-0.2, 0) is 5.60 Å². The van der Waals surface area contributed by atoms with Crippen molar-refractivity contribution in [2.24, 2.45) is 0 Å². The minimum atomic E-state index is -0.735. The molecule has 1 aromatic rings. The van der Waals surface area contributed by atoms with Crippen molar-refractivity contribution in [3.8, 4) is 0 Å². The Morgan fingerprint density at radius 3 is 2.80 bits per heavy atom. The molecule has 2 rings (SSSR count). The Labute approximate surface area is 106 Å². The second-order valence-electron chi connectivity index (χ2n) is 3.94. The van der Waals surface area contributed by atoms with Gasteiger partial charge in [-0.15, -0.1) is 0 Å². The molecule has 0 amide bonds. The van der Waals surface area contributed by atoms with E-state index in [2.05, 4.69) is 37.2 Å². The first kappa shape index (κ1) is 11.6. The van der Waals surface area contributed by atoms with E-state index in [1.165, 1.54) is 0 Å². The fraction of sp³-hybridized carbons (Fsp3) is 0.455. The van der Waals surface area contributed by atoms with Crippen molar-refractivity contribution in [2.45, 2.75) is 18.4 Å². The Morgan fingerprint density at radius 2 is 2.13 bits per heavy atom. The molecule has 0 saturated carbocycles. The summed E-state index contributed by atoms with van der Waals surface area (Å²) in [5, 5.41) is 13.8. The molecule has 0 radical (unpaired) electrons. The largest absolute Gasteiger partial charge is 0.384 e. The van der Waals surface area contributed by atoms with Gasteiger partial charge in [0.05, 0.1) is 0 Å². The monoisotopic (exact) mass is 333 g/mol. The van der Waals surface area contributed by atoms with Crippen LogP contribution in [0.4, 0.5) is 0 Å². The summed E-state index contributed by atoms with van der Waals surface area (Å²) >= 11 is 6.93. The minimum Gasteiger partial charge on any atom is -0.384 e. The SMILES string of the molecule is OC1(c2cc(Br)ccc2Br)CCCNC1. The summed E-state index contributed by atoms with van der Waals surface area (Å²) in [6.45, 7) is 1.62. The summed E-state index contributed by atoms with van der Waals surface area (Å²) in [6, 6.07) is 5.91. The predicted octanol–water partition coefficient (Wildman–Crippen LogP) is 2.78. The number of hydrogen-bond donors (Lipinski definition) is 2. The van der Waals surface area contributed by atoms with E-state index in [1.54, 1.807) is 0 Å². The first-order valence-corrected chi connectivity index (χ1v) is 6.59. The first-order valence-electron chi connectivity index (χ1n) is 5.00. The Morgan fingerprint density at radius 1 is 1.33 bits per heavy atom. The van der Waals surface area contributed by atoms with Crippen molar-refractivity contribution >= 4 is 31.9 Å². The van der Waals surface area contributed by atoms with Crippen molar-refractivity contribution in [3.05, 3.63) is 32.7 Å². The lowest BCUT2D eigenvalue weighted by Crippen LogP contribution is -2.43. The van der Waals surface area contributed by atoms with E-state index in [0.29, 0.717) is 6.54 Å². The van der Waals surface area contributed by atoms with Crippen molar-refractivity contribution in [1.29, 1.82) is 0 Å². The molecule has 2 nitrogen and oxygen atoms in total. The molecule has 1 aliphatic heterocycles. The van der Waals surface area contributed by atoms with Gasteiger partial charge in [-0.2, -0.15) is 0 Å². The lowest BCUT2D eigenvalue weighted by Gasteiger charge is -2.34. The molecule has 2 N–H and O–H groups in total. The van der Waals surface area contributed by atoms with E-state index in [9.17, 15) is 5.11 Å². The highest BCUT2D eigenvalue weighted by molar-refractivity contribution is 9.11. The zero-order valence-electron chi connectivity index (χ0n) is 8.26. The van der Waals surface area contributed by atoms with Gasteiger partial charge in [0, 0.05) is 21.1 Å². The van der Waals surface area contributed by atoms with Crippen molar-refractivity contribution < 1.29 is 5.11 Å². The van der Waals surface area contributed by atoms with Gasteiger partial charge in [-0.25, -0.2) is 0 Å². The second kappa shape index (κ2) is 4.53. The van der Waals surface area contributed by atoms with Gasteiger partial charge in [0.2, 0.25) is 0 Å². The number of β-amino-alcohol motifs (C(OH)–C–C–N with tert-alkyl or cyclic N) is 1. The van der Waals surface area contributed by atoms with Crippen LogP contribution < -0.4 is 5.32 Å². The molecule has 1 atom stereocenters. The molecule has 1 saturated heterocycles. The third-order valence-corrected chi connectivity index (χ3v) is 3.98. The Bertz CT molecular complexity index is 362. The van der Waals surface area contributed by atoms with Crippen LogP contribution in [0.5, 0.6) is 0 Å². The predicted molar refractivity (Wildman–Crippen MR) is 67.8 cm³/mol. The summed E-state index contributed by atoms with van der Waals surface area (Å²) in [6.07, 6.45) is 1.82. The molecule has 0 spiro atoms. The third-order valence-electron chi connectivity index (χ3n) is 2.79. The maximum absolute atomic E-state index is 10.5. The zero-order valence-corrected chi connectivity index (χ0v) is 11.4. The number of aliphatic hydroxyl groups is 1. The average Bonchev–Trinajstić information content (AvgIpc) is 2.23. The lowest BCUT2D eigenvalue weighted by molar-refractivity contribution is 0.0116. The molecule has 15 heavy (non-hydrogen) atoms. The highest BCUT2D eigenvalue weighted by atomic mass is 79.9. The van der Waals surface area contributed by atoms with Crippen molar-refractivity contribution in [1.82, 2.24) is 5.32 Å². The van der Waals surface area contributed by atoms with Gasteiger partial charge in [0.1, 0.15) is 5.60 Å². The fourth-order valence-electron chi connectivity index (χ4n) is 1.97. The Kier molecular flexibility index (Phi) is 3.50. The van der Waals surface area contributed by atoms with Gasteiger partial charge in [0.25, 0.3) is 0 Å². The van der Waals surface area contributed by atoms with E-state index in [1.807, 2.05) is 18.2 Å². The average molecular weight is 335 g/mol. The third kappa shape index (κ3) is 2.44. The van der Waals surface area contributed by atoms with Crippen LogP contribution in [0.3, 0.4) is 0 Å². The zero-order chi connectivity index (χ0) is 10.9. The molecule has 0 aromatic heterocycles. The van der Waals surface area contributed by atoms with Gasteiger partial charge >= 0.3 is 0 Å². The van der Waals surface area contributed by atoms with Crippen molar-refractivity contribution in [3.63, 3.8) is 0 Å². The molecule has 82 valence electrons. The van der Waals surface area contributed by atoms with E-state index >= 15 is 0 Å². The normalized spacial score (nSPS) is 26.6. The second-order valence-corrected chi connectivity index (χ2v) is 5.71. The molecule has 1 heterocycles. The van der Waals surface area contributed by atoms with Crippen LogP contribution in [0.25, 0.3) is 0 Å². The molecule has 0 aliphatic carbocycles. The summed E-state index contributed by atoms with van der Waals surface area (Å²) < 4.78 is 1.97. The van der Waals surface area contributed by atoms with Crippen LogP contribution in [0.15, 0.2) is 27.1 Å². The molecular formula is C11H13Br2NO. The maximum Gasteiger partial charge on any atom is 0.103 e. The topological polar surface area (TPSA) is 32.3 Å². The summed E-state index contributed by atoms with van der Waals surface area (Å²) in [7, 11) is 0. The first-order chi connectivity index (χ1) is 7.12. The molecule has 1 fully saturated rings. The van der Waals surface area contributed by atoms with E-state index in [4.69, 9.17) is 0 Å². The van der Waals surface area contributed by atoms with Gasteiger partial charge in [-0.1, -0.05) is 31.9 Å². The Balaban J connectivity index is 2.38. The number of benzene rings is 1. The van der Waals surface area contributed by atoms with E-state index in [0.717, 1.165) is 33.9 Å². The molecule has 1 aromatic carbocycles. The number of halogens is 2. The molecule has 1 aliphatic rings. The van der Waals surface area contributed by atoms with Crippen LogP contribution in [-0.4, -0.2) is 18.2 Å². The number of nitrogens with one attached hydrogen (secondary N) is 1. The van der Waals surface area contributed by atoms with Crippen LogP contribution in [0.1, 0.15) is 18.4 Å². The van der Waals surface area contributed by atoms with Gasteiger partial charge in [0.15, 0.2) is 0 Å². The lowest BCUT2D eigenvalue weighted by atomic mass is 9.87. The van der Waals surface area contributed by atoms with Gasteiger partial charge in [-0.05, 0) is 37.6 Å². The fourth-order valence-corrected chi connectivity index (χ4v) is 2.95. The summed E-state index contributed by atoms with van der Waals surface area (Å²) in [5.41, 5.74) is 0.227. The standard InChI is InChI=1S/C11H13Br2NO/c12-8-2-3-10(13)9(6-8)11(15)4-1-5-14-7-11/h2-3,6,14-15H,1,4-5,7H2. The van der Waals surface area contributed by atoms with Crippen LogP contribution in [0, 0.1) is 0 Å². The van der Waals surface area contributed by atoms with Gasteiger partial charge < -0.3 is 10.4 Å².